The van der Waals surface area contributed by atoms with Crippen molar-refractivity contribution >= 4 is 0 Å². The van der Waals surface area contributed by atoms with Crippen molar-refractivity contribution in [2.75, 3.05) is 0 Å². The monoisotopic (exact) mass is 379 g/mol. The first-order chi connectivity index (χ1) is 13.7. The summed E-state index contributed by atoms with van der Waals surface area (Å²) >= 11 is 0. The van der Waals surface area contributed by atoms with Gasteiger partial charge in [0.1, 0.15) is 5.75 Å². The maximum atomic E-state index is 6.57. The normalized spacial score (nSPS) is 17.2. The molecule has 3 rings (SSSR count). The van der Waals surface area contributed by atoms with Crippen LogP contribution in [0.4, 0.5) is 0 Å². The highest BCUT2D eigenvalue weighted by Crippen LogP contribution is 2.45. The maximum Gasteiger partial charge on any atom is 0.174 e. The molecule has 0 aromatic heterocycles. The van der Waals surface area contributed by atoms with E-state index in [2.05, 4.69) is 31.2 Å². The summed E-state index contributed by atoms with van der Waals surface area (Å²) < 4.78 is 6.11. The van der Waals surface area contributed by atoms with Crippen LogP contribution in [0.25, 0.3) is 0 Å². The molecule has 0 amide bonds. The van der Waals surface area contributed by atoms with Crippen LogP contribution in [-0.2, 0) is 5.41 Å². The number of nitrogens with two attached hydrogens (primary N) is 1. The van der Waals surface area contributed by atoms with Gasteiger partial charge in [-0.2, -0.15) is 0 Å². The minimum absolute atomic E-state index is 0.277. The Morgan fingerprint density at radius 2 is 1.54 bits per heavy atom. The molecule has 1 atom stereocenters. The van der Waals surface area contributed by atoms with Gasteiger partial charge in [-0.3, -0.25) is 5.73 Å². The predicted molar refractivity (Wildman–Crippen MR) is 119 cm³/mol. The van der Waals surface area contributed by atoms with E-state index in [4.69, 9.17) is 10.5 Å². The second-order valence-corrected chi connectivity index (χ2v) is 8.44. The highest BCUT2D eigenvalue weighted by atomic mass is 16.5. The van der Waals surface area contributed by atoms with Gasteiger partial charge in [-0.25, -0.2) is 0 Å². The van der Waals surface area contributed by atoms with Crippen LogP contribution in [0.5, 0.6) is 5.75 Å². The zero-order chi connectivity index (χ0) is 19.7. The number of para-hydroxylation sites is 1. The molecular weight excluding hydrogens is 342 g/mol. The van der Waals surface area contributed by atoms with Crippen molar-refractivity contribution < 1.29 is 4.74 Å². The van der Waals surface area contributed by atoms with Crippen molar-refractivity contribution in [1.82, 2.24) is 0 Å². The third-order valence-corrected chi connectivity index (χ3v) is 6.41. The van der Waals surface area contributed by atoms with Gasteiger partial charge in [-0.15, -0.1) is 0 Å². The third kappa shape index (κ3) is 5.38. The Labute approximate surface area is 171 Å². The summed E-state index contributed by atoms with van der Waals surface area (Å²) in [4.78, 5) is 0. The number of ether oxygens (including phenoxy) is 1. The first-order valence-electron chi connectivity index (χ1n) is 11.3. The first-order valence-corrected chi connectivity index (χ1v) is 11.3. The van der Waals surface area contributed by atoms with Gasteiger partial charge < -0.3 is 4.74 Å². The van der Waals surface area contributed by atoms with Crippen LogP contribution in [0.15, 0.2) is 54.6 Å². The molecule has 2 aromatic carbocycles. The average Bonchev–Trinajstić information content (AvgIpc) is 2.75. The summed E-state index contributed by atoms with van der Waals surface area (Å²) in [5.41, 5.74) is 9.45. The second kappa shape index (κ2) is 10.7. The molecule has 2 nitrogen and oxygen atoms in total. The number of benzene rings is 2. The second-order valence-electron chi connectivity index (χ2n) is 8.44. The molecule has 0 spiro atoms. The summed E-state index contributed by atoms with van der Waals surface area (Å²) in [6.07, 6.45) is 14.2. The molecule has 1 fully saturated rings. The first kappa shape index (κ1) is 20.9. The highest BCUT2D eigenvalue weighted by Gasteiger charge is 2.36. The number of hydrogen-bond donors (Lipinski definition) is 1. The molecule has 2 N–H and O–H groups in total. The van der Waals surface area contributed by atoms with Gasteiger partial charge in [-0.1, -0.05) is 101 Å². The largest absolute Gasteiger partial charge is 0.471 e. The Kier molecular flexibility index (Phi) is 7.97. The van der Waals surface area contributed by atoms with Gasteiger partial charge in [0.2, 0.25) is 0 Å². The predicted octanol–water partition coefficient (Wildman–Crippen LogP) is 7.29. The number of rotatable bonds is 10. The van der Waals surface area contributed by atoms with E-state index >= 15 is 0 Å². The summed E-state index contributed by atoms with van der Waals surface area (Å²) in [7, 11) is 0. The molecule has 2 aromatic rings. The lowest BCUT2D eigenvalue weighted by Gasteiger charge is -2.40. The Morgan fingerprint density at radius 1 is 0.857 bits per heavy atom. The average molecular weight is 380 g/mol. The number of hydrogen-bond acceptors (Lipinski definition) is 2. The van der Waals surface area contributed by atoms with Gasteiger partial charge in [0.05, 0.1) is 0 Å². The van der Waals surface area contributed by atoms with E-state index in [1.807, 2.05) is 30.3 Å². The number of unbranched alkanes of at least 4 members (excludes halogenated alkanes) is 4. The van der Waals surface area contributed by atoms with Crippen molar-refractivity contribution in [3.63, 3.8) is 0 Å². The van der Waals surface area contributed by atoms with E-state index in [0.29, 0.717) is 0 Å². The molecule has 0 bridgehead atoms. The zero-order valence-corrected chi connectivity index (χ0v) is 17.5. The fourth-order valence-corrected chi connectivity index (χ4v) is 4.89. The molecule has 0 aliphatic heterocycles. The molecule has 0 heterocycles. The lowest BCUT2D eigenvalue weighted by atomic mass is 9.65. The van der Waals surface area contributed by atoms with Crippen LogP contribution in [0.1, 0.15) is 94.9 Å². The molecule has 28 heavy (non-hydrogen) atoms. The molecule has 1 aliphatic rings. The van der Waals surface area contributed by atoms with E-state index < -0.39 is 6.23 Å². The van der Waals surface area contributed by atoms with Gasteiger partial charge in [-0.05, 0) is 42.4 Å². The molecule has 1 unspecified atom stereocenters. The summed E-state index contributed by atoms with van der Waals surface area (Å²) in [6, 6.07) is 18.7. The Hall–Kier alpha value is -1.80. The topological polar surface area (TPSA) is 35.2 Å². The maximum absolute atomic E-state index is 6.57. The minimum Gasteiger partial charge on any atom is -0.471 e. The fraction of sp³-hybridized carbons (Fsp3) is 0.538. The minimum atomic E-state index is -0.419. The molecule has 152 valence electrons. The molecule has 1 aliphatic carbocycles. The molecule has 1 saturated carbocycles. The zero-order valence-electron chi connectivity index (χ0n) is 17.5. The molecule has 0 radical (unpaired) electrons. The van der Waals surface area contributed by atoms with Gasteiger partial charge in [0.25, 0.3) is 0 Å². The van der Waals surface area contributed by atoms with E-state index in [9.17, 15) is 0 Å². The quantitative estimate of drug-likeness (QED) is 0.347. The van der Waals surface area contributed by atoms with Crippen LogP contribution in [0.3, 0.4) is 0 Å². The van der Waals surface area contributed by atoms with Gasteiger partial charge in [0.15, 0.2) is 6.23 Å². The van der Waals surface area contributed by atoms with Gasteiger partial charge >= 0.3 is 0 Å². The van der Waals surface area contributed by atoms with E-state index in [0.717, 1.165) is 5.75 Å². The Bertz CT molecular complexity index is 691. The van der Waals surface area contributed by atoms with Crippen molar-refractivity contribution in [3.05, 3.63) is 65.7 Å². The van der Waals surface area contributed by atoms with Crippen LogP contribution in [-0.4, -0.2) is 0 Å². The van der Waals surface area contributed by atoms with Gasteiger partial charge in [0, 0.05) is 5.56 Å². The molecular formula is C26H37NO. The summed E-state index contributed by atoms with van der Waals surface area (Å²) in [6.45, 7) is 2.28. The van der Waals surface area contributed by atoms with E-state index in [1.54, 1.807) is 0 Å². The molecule has 2 heteroatoms. The highest BCUT2D eigenvalue weighted by molar-refractivity contribution is 5.37. The van der Waals surface area contributed by atoms with E-state index in [-0.39, 0.29) is 5.41 Å². The lowest BCUT2D eigenvalue weighted by molar-refractivity contribution is 0.203. The third-order valence-electron chi connectivity index (χ3n) is 6.41. The van der Waals surface area contributed by atoms with Crippen LogP contribution in [0.2, 0.25) is 0 Å². The van der Waals surface area contributed by atoms with Crippen molar-refractivity contribution in [1.29, 1.82) is 0 Å². The standard InChI is InChI=1S/C26H37NO/c1-2-3-4-5-12-19-26(20-13-7-14-21-26)24-18-11-10-17-23(24)25(27)28-22-15-8-6-9-16-22/h6,8-11,15-18,25H,2-5,7,12-14,19-21,27H2,1H3. The van der Waals surface area contributed by atoms with Crippen LogP contribution >= 0.6 is 0 Å². The van der Waals surface area contributed by atoms with Crippen molar-refractivity contribution in [2.45, 2.75) is 89.2 Å². The lowest BCUT2D eigenvalue weighted by Crippen LogP contribution is -2.32. The van der Waals surface area contributed by atoms with Crippen molar-refractivity contribution in [2.24, 2.45) is 5.73 Å². The summed E-state index contributed by atoms with van der Waals surface area (Å²) in [5.74, 6) is 0.835. The SMILES string of the molecule is CCCCCCCC1(c2ccccc2C(N)Oc2ccccc2)CCCCC1. The van der Waals surface area contributed by atoms with Crippen LogP contribution < -0.4 is 10.5 Å². The van der Waals surface area contributed by atoms with Crippen molar-refractivity contribution in [3.8, 4) is 5.75 Å². The molecule has 0 saturated heterocycles. The Balaban J connectivity index is 1.80. The fourth-order valence-electron chi connectivity index (χ4n) is 4.89. The van der Waals surface area contributed by atoms with E-state index in [1.165, 1.54) is 81.8 Å². The smallest absolute Gasteiger partial charge is 0.174 e. The Morgan fingerprint density at radius 3 is 2.29 bits per heavy atom. The summed E-state index contributed by atoms with van der Waals surface area (Å²) in [5, 5.41) is 0. The van der Waals surface area contributed by atoms with Crippen LogP contribution in [0, 0.1) is 0 Å².